The second-order valence-corrected chi connectivity index (χ2v) is 2.60. The summed E-state index contributed by atoms with van der Waals surface area (Å²) in [6.07, 6.45) is 7.68. The zero-order valence-electron chi connectivity index (χ0n) is 7.22. The summed E-state index contributed by atoms with van der Waals surface area (Å²) in [7, 11) is 0. The monoisotopic (exact) mass is 187 g/mol. The molecule has 0 saturated carbocycles. The predicted molar refractivity (Wildman–Crippen MR) is 52.3 cm³/mol. The van der Waals surface area contributed by atoms with Crippen molar-refractivity contribution in [1.29, 1.82) is 0 Å². The second kappa shape index (κ2) is 8.34. The largest absolute Gasteiger partial charge is 0.353 e. The molecule has 0 atom stereocenters. The highest BCUT2D eigenvalue weighted by Crippen LogP contribution is 1.82. The zero-order chi connectivity index (χ0) is 9.23. The fourth-order valence-electron chi connectivity index (χ4n) is 0.591. The van der Waals surface area contributed by atoms with Gasteiger partial charge in [0.25, 0.3) is 0 Å². The fourth-order valence-corrected chi connectivity index (χ4v) is 0.725. The van der Waals surface area contributed by atoms with Crippen molar-refractivity contribution in [2.45, 2.75) is 13.3 Å². The summed E-state index contributed by atoms with van der Waals surface area (Å²) < 4.78 is 0. The van der Waals surface area contributed by atoms with E-state index in [9.17, 15) is 4.79 Å². The average Bonchev–Trinajstić information content (AvgIpc) is 2.06. The van der Waals surface area contributed by atoms with E-state index in [0.29, 0.717) is 12.4 Å². The Balaban J connectivity index is 3.45. The van der Waals surface area contributed by atoms with Crippen molar-refractivity contribution in [2.75, 3.05) is 12.4 Å². The number of allylic oxidation sites excluding steroid dienone is 3. The van der Waals surface area contributed by atoms with Gasteiger partial charge >= 0.3 is 0 Å². The van der Waals surface area contributed by atoms with E-state index < -0.39 is 0 Å². The summed E-state index contributed by atoms with van der Waals surface area (Å²) >= 11 is 5.43. The summed E-state index contributed by atoms with van der Waals surface area (Å²) in [5.41, 5.74) is 0. The molecular formula is C9H14ClNO. The Kier molecular flexibility index (Phi) is 7.81. The molecule has 1 N–H and O–H groups in total. The summed E-state index contributed by atoms with van der Waals surface area (Å²) in [5.74, 6) is 0.511. The molecule has 0 unspecified atom stereocenters. The first-order valence-electron chi connectivity index (χ1n) is 3.94. The average molecular weight is 188 g/mol. The second-order valence-electron chi connectivity index (χ2n) is 2.22. The van der Waals surface area contributed by atoms with Crippen LogP contribution in [0.3, 0.4) is 0 Å². The highest BCUT2D eigenvalue weighted by atomic mass is 35.5. The van der Waals surface area contributed by atoms with Gasteiger partial charge in [-0.25, -0.2) is 0 Å². The Morgan fingerprint density at radius 2 is 2.25 bits per heavy atom. The number of nitrogens with one attached hydrogen (secondary N) is 1. The number of halogens is 1. The number of hydrogen-bond donors (Lipinski definition) is 1. The highest BCUT2D eigenvalue weighted by molar-refractivity contribution is 6.17. The van der Waals surface area contributed by atoms with E-state index in [0.717, 1.165) is 6.42 Å². The number of alkyl halides is 1. The van der Waals surface area contributed by atoms with Crippen LogP contribution in [0.4, 0.5) is 0 Å². The number of carbonyl (C=O) groups excluding carboxylic acids is 1. The maximum absolute atomic E-state index is 10.9. The first-order chi connectivity index (χ1) is 5.81. The molecule has 0 aliphatic rings. The normalized spacial score (nSPS) is 11.2. The van der Waals surface area contributed by atoms with Gasteiger partial charge in [0.05, 0.1) is 0 Å². The fraction of sp³-hybridized carbons (Fsp3) is 0.444. The molecule has 12 heavy (non-hydrogen) atoms. The van der Waals surface area contributed by atoms with E-state index in [2.05, 4.69) is 5.32 Å². The Bertz CT molecular complexity index is 175. The van der Waals surface area contributed by atoms with Gasteiger partial charge in [-0.1, -0.05) is 18.2 Å². The highest BCUT2D eigenvalue weighted by Gasteiger charge is 1.91. The van der Waals surface area contributed by atoms with Gasteiger partial charge in [-0.3, -0.25) is 4.79 Å². The molecule has 3 heteroatoms. The molecule has 0 aromatic heterocycles. The molecule has 0 spiro atoms. The molecule has 0 radical (unpaired) electrons. The van der Waals surface area contributed by atoms with E-state index in [1.807, 2.05) is 13.0 Å². The van der Waals surface area contributed by atoms with Gasteiger partial charge in [-0.05, 0) is 13.3 Å². The molecule has 0 aromatic carbocycles. The van der Waals surface area contributed by atoms with Crippen molar-refractivity contribution in [2.24, 2.45) is 0 Å². The summed E-state index contributed by atoms with van der Waals surface area (Å²) in [6, 6.07) is 0. The summed E-state index contributed by atoms with van der Waals surface area (Å²) in [5, 5.41) is 2.70. The lowest BCUT2D eigenvalue weighted by Gasteiger charge is -1.97. The lowest BCUT2D eigenvalue weighted by Crippen LogP contribution is -2.22. The van der Waals surface area contributed by atoms with Crippen LogP contribution in [0, 0.1) is 0 Å². The summed E-state index contributed by atoms with van der Waals surface area (Å²) in [6.45, 7) is 2.54. The Morgan fingerprint density at radius 3 is 2.83 bits per heavy atom. The summed E-state index contributed by atoms with van der Waals surface area (Å²) in [4.78, 5) is 10.9. The van der Waals surface area contributed by atoms with Crippen LogP contribution in [-0.4, -0.2) is 18.3 Å². The van der Waals surface area contributed by atoms with Crippen molar-refractivity contribution < 1.29 is 4.79 Å². The van der Waals surface area contributed by atoms with E-state index in [4.69, 9.17) is 11.6 Å². The van der Waals surface area contributed by atoms with E-state index in [1.54, 1.807) is 12.2 Å². The smallest absolute Gasteiger partial charge is 0.243 e. The van der Waals surface area contributed by atoms with Crippen LogP contribution in [0.25, 0.3) is 0 Å². The molecule has 0 rings (SSSR count). The van der Waals surface area contributed by atoms with Gasteiger partial charge in [0.15, 0.2) is 0 Å². The van der Waals surface area contributed by atoms with Gasteiger partial charge in [0.2, 0.25) is 5.91 Å². The zero-order valence-corrected chi connectivity index (χ0v) is 7.97. The number of carbonyl (C=O) groups is 1. The molecule has 0 aliphatic heterocycles. The Morgan fingerprint density at radius 1 is 1.50 bits per heavy atom. The SMILES string of the molecule is C/C=C/C=C/C(=O)NCCCCl. The van der Waals surface area contributed by atoms with Gasteiger partial charge in [-0.2, -0.15) is 0 Å². The lowest BCUT2D eigenvalue weighted by atomic mass is 10.4. The minimum atomic E-state index is -0.0711. The molecule has 2 nitrogen and oxygen atoms in total. The van der Waals surface area contributed by atoms with Crippen LogP contribution in [0.15, 0.2) is 24.3 Å². The van der Waals surface area contributed by atoms with Crippen LogP contribution < -0.4 is 5.32 Å². The molecular weight excluding hydrogens is 174 g/mol. The van der Waals surface area contributed by atoms with Gasteiger partial charge in [-0.15, -0.1) is 11.6 Å². The van der Waals surface area contributed by atoms with Crippen LogP contribution >= 0.6 is 11.6 Å². The van der Waals surface area contributed by atoms with E-state index in [-0.39, 0.29) is 5.91 Å². The first kappa shape index (κ1) is 11.2. The third kappa shape index (κ3) is 7.35. The maximum Gasteiger partial charge on any atom is 0.243 e. The Labute approximate surface area is 78.3 Å². The quantitative estimate of drug-likeness (QED) is 0.303. The van der Waals surface area contributed by atoms with Crippen molar-refractivity contribution in [3.63, 3.8) is 0 Å². The van der Waals surface area contributed by atoms with Crippen LogP contribution in [-0.2, 0) is 4.79 Å². The number of amides is 1. The van der Waals surface area contributed by atoms with E-state index in [1.165, 1.54) is 6.08 Å². The lowest BCUT2D eigenvalue weighted by molar-refractivity contribution is -0.116. The van der Waals surface area contributed by atoms with Crippen molar-refractivity contribution in [1.82, 2.24) is 5.32 Å². The van der Waals surface area contributed by atoms with Crippen molar-refractivity contribution >= 4 is 17.5 Å². The maximum atomic E-state index is 10.9. The molecule has 68 valence electrons. The molecule has 0 aromatic rings. The van der Waals surface area contributed by atoms with Crippen molar-refractivity contribution in [3.05, 3.63) is 24.3 Å². The molecule has 0 aliphatic carbocycles. The number of rotatable bonds is 5. The third-order valence-electron chi connectivity index (χ3n) is 1.16. The van der Waals surface area contributed by atoms with Crippen molar-refractivity contribution in [3.8, 4) is 0 Å². The van der Waals surface area contributed by atoms with Gasteiger partial charge in [0, 0.05) is 18.5 Å². The molecule has 0 fully saturated rings. The third-order valence-corrected chi connectivity index (χ3v) is 1.43. The molecule has 0 heterocycles. The van der Waals surface area contributed by atoms with Crippen LogP contribution in [0.1, 0.15) is 13.3 Å². The molecule has 1 amide bonds. The minimum Gasteiger partial charge on any atom is -0.353 e. The predicted octanol–water partition coefficient (Wildman–Crippen LogP) is 1.86. The van der Waals surface area contributed by atoms with Crippen LogP contribution in [0.5, 0.6) is 0 Å². The molecule has 0 bridgehead atoms. The minimum absolute atomic E-state index is 0.0711. The van der Waals surface area contributed by atoms with E-state index >= 15 is 0 Å². The van der Waals surface area contributed by atoms with Gasteiger partial charge in [0.1, 0.15) is 0 Å². The van der Waals surface area contributed by atoms with Crippen LogP contribution in [0.2, 0.25) is 0 Å². The Hall–Kier alpha value is -0.760. The topological polar surface area (TPSA) is 29.1 Å². The van der Waals surface area contributed by atoms with Gasteiger partial charge < -0.3 is 5.32 Å². The number of hydrogen-bond acceptors (Lipinski definition) is 1. The first-order valence-corrected chi connectivity index (χ1v) is 4.48. The molecule has 0 saturated heterocycles. The standard InChI is InChI=1S/C9H14ClNO/c1-2-3-4-6-9(12)11-8-5-7-10/h2-4,6H,5,7-8H2,1H3,(H,11,12)/b3-2+,6-4+.